The van der Waals surface area contributed by atoms with E-state index in [1.54, 1.807) is 11.8 Å². The van der Waals surface area contributed by atoms with Crippen molar-refractivity contribution in [3.8, 4) is 0 Å². The predicted molar refractivity (Wildman–Crippen MR) is 92.7 cm³/mol. The van der Waals surface area contributed by atoms with Crippen molar-refractivity contribution in [3.63, 3.8) is 0 Å². The normalized spacial score (nSPS) is 23.9. The van der Waals surface area contributed by atoms with E-state index in [-0.39, 0.29) is 6.04 Å². The molecule has 4 heteroatoms. The number of hydrogen-bond acceptors (Lipinski definition) is 4. The van der Waals surface area contributed by atoms with Crippen LogP contribution in [0.5, 0.6) is 0 Å². The number of nitrogens with zero attached hydrogens (tertiary/aromatic N) is 2. The minimum Gasteiger partial charge on any atom is -0.359 e. The summed E-state index contributed by atoms with van der Waals surface area (Å²) in [6.07, 6.45) is 16.1. The summed E-state index contributed by atoms with van der Waals surface area (Å²) < 4.78 is 0. The van der Waals surface area contributed by atoms with Crippen LogP contribution in [0.15, 0.2) is 58.2 Å². The van der Waals surface area contributed by atoms with E-state index < -0.39 is 0 Å². The molecule has 1 heterocycles. The summed E-state index contributed by atoms with van der Waals surface area (Å²) in [4.78, 5) is 8.79. The van der Waals surface area contributed by atoms with Crippen molar-refractivity contribution >= 4 is 23.1 Å². The number of aliphatic imine (C=N–C) groups is 2. The first-order valence-electron chi connectivity index (χ1n) is 6.80. The lowest BCUT2D eigenvalue weighted by atomic mass is 10.3. The standard InChI is InChI=1S/C16H23N3S/c1-4-8-14(2)13-17-11-12-20-16-18-10-7-5-6-9-15(3)19-16/h4-9,11,13,15H,10,12H2,1-3H3,(H,18,19)/b7-5-,8-4+,9-6-,14-13-,17-11?. The summed E-state index contributed by atoms with van der Waals surface area (Å²) in [6, 6.07) is 0.290. The molecule has 0 aromatic carbocycles. The average Bonchev–Trinajstić information content (AvgIpc) is 2.51. The average molecular weight is 289 g/mol. The molecule has 0 aromatic rings. The molecule has 1 aliphatic heterocycles. The SMILES string of the molecule is C/C=C/C(C)=C\N=CCSC1=NC/C=C\C=C/C(C)N1. The molecule has 108 valence electrons. The number of thioether (sulfide) groups is 1. The van der Waals surface area contributed by atoms with E-state index in [1.165, 1.54) is 0 Å². The fourth-order valence-electron chi connectivity index (χ4n) is 1.52. The number of hydrogen-bond donors (Lipinski definition) is 1. The highest BCUT2D eigenvalue weighted by atomic mass is 32.2. The van der Waals surface area contributed by atoms with Crippen LogP contribution >= 0.6 is 11.8 Å². The van der Waals surface area contributed by atoms with Crippen LogP contribution in [0, 0.1) is 0 Å². The lowest BCUT2D eigenvalue weighted by Crippen LogP contribution is -2.29. The van der Waals surface area contributed by atoms with Gasteiger partial charge in [0.25, 0.3) is 0 Å². The number of allylic oxidation sites excluding steroid dienone is 5. The molecule has 1 rings (SSSR count). The third kappa shape index (κ3) is 7.79. The van der Waals surface area contributed by atoms with Crippen molar-refractivity contribution in [2.45, 2.75) is 26.8 Å². The van der Waals surface area contributed by atoms with Crippen LogP contribution in [0.1, 0.15) is 20.8 Å². The molecule has 0 aliphatic carbocycles. The zero-order valence-corrected chi connectivity index (χ0v) is 13.2. The summed E-state index contributed by atoms with van der Waals surface area (Å²) in [5.41, 5.74) is 1.15. The monoisotopic (exact) mass is 289 g/mol. The smallest absolute Gasteiger partial charge is 0.157 e. The molecule has 20 heavy (non-hydrogen) atoms. The first-order chi connectivity index (χ1) is 9.72. The second-order valence-electron chi connectivity index (χ2n) is 4.41. The van der Waals surface area contributed by atoms with Crippen LogP contribution in [0.2, 0.25) is 0 Å². The second kappa shape index (κ2) is 10.3. The Hall–Kier alpha value is -1.55. The third-order valence-electron chi connectivity index (χ3n) is 2.45. The molecule has 1 N–H and O–H groups in total. The molecule has 0 radical (unpaired) electrons. The van der Waals surface area contributed by atoms with Crippen LogP contribution in [0.3, 0.4) is 0 Å². The van der Waals surface area contributed by atoms with E-state index in [0.29, 0.717) is 6.54 Å². The van der Waals surface area contributed by atoms with Gasteiger partial charge in [-0.25, -0.2) is 0 Å². The molecule has 0 saturated carbocycles. The van der Waals surface area contributed by atoms with Crippen LogP contribution < -0.4 is 5.32 Å². The van der Waals surface area contributed by atoms with Crippen molar-refractivity contribution in [3.05, 3.63) is 48.2 Å². The summed E-state index contributed by atoms with van der Waals surface area (Å²) in [5.74, 6) is 0.811. The van der Waals surface area contributed by atoms with E-state index in [4.69, 9.17) is 0 Å². The van der Waals surface area contributed by atoms with Crippen LogP contribution in [0.4, 0.5) is 0 Å². The molecule has 0 aromatic heterocycles. The van der Waals surface area contributed by atoms with Gasteiger partial charge >= 0.3 is 0 Å². The Morgan fingerprint density at radius 1 is 1.55 bits per heavy atom. The van der Waals surface area contributed by atoms with Crippen molar-refractivity contribution in [2.75, 3.05) is 12.3 Å². The van der Waals surface area contributed by atoms with Crippen molar-refractivity contribution < 1.29 is 0 Å². The fourth-order valence-corrected chi connectivity index (χ4v) is 2.27. The summed E-state index contributed by atoms with van der Waals surface area (Å²) >= 11 is 1.67. The quantitative estimate of drug-likeness (QED) is 0.632. The molecule has 0 fully saturated rings. The molecule has 0 amide bonds. The molecule has 1 aliphatic rings. The van der Waals surface area contributed by atoms with Gasteiger partial charge in [-0.05, 0) is 26.3 Å². The highest BCUT2D eigenvalue weighted by Crippen LogP contribution is 2.04. The Morgan fingerprint density at radius 2 is 2.40 bits per heavy atom. The van der Waals surface area contributed by atoms with Gasteiger partial charge in [0.2, 0.25) is 0 Å². The Morgan fingerprint density at radius 3 is 3.20 bits per heavy atom. The van der Waals surface area contributed by atoms with E-state index in [1.807, 2.05) is 50.6 Å². The molecule has 0 bridgehead atoms. The molecular weight excluding hydrogens is 266 g/mol. The minimum atomic E-state index is 0.290. The van der Waals surface area contributed by atoms with Gasteiger partial charge in [-0.15, -0.1) is 0 Å². The Kier molecular flexibility index (Phi) is 8.47. The van der Waals surface area contributed by atoms with Crippen molar-refractivity contribution in [1.29, 1.82) is 0 Å². The maximum atomic E-state index is 4.51. The summed E-state index contributed by atoms with van der Waals surface area (Å²) in [7, 11) is 0. The number of nitrogens with one attached hydrogen (secondary N) is 1. The third-order valence-corrected chi connectivity index (χ3v) is 3.28. The predicted octanol–water partition coefficient (Wildman–Crippen LogP) is 3.73. The highest BCUT2D eigenvalue weighted by molar-refractivity contribution is 8.14. The first kappa shape index (κ1) is 16.5. The van der Waals surface area contributed by atoms with Crippen LogP contribution in [-0.4, -0.2) is 29.7 Å². The van der Waals surface area contributed by atoms with E-state index in [9.17, 15) is 0 Å². The van der Waals surface area contributed by atoms with Gasteiger partial charge in [-0.3, -0.25) is 9.98 Å². The topological polar surface area (TPSA) is 36.8 Å². The lowest BCUT2D eigenvalue weighted by molar-refractivity contribution is 0.813. The zero-order chi connectivity index (χ0) is 14.6. The first-order valence-corrected chi connectivity index (χ1v) is 7.79. The van der Waals surface area contributed by atoms with E-state index >= 15 is 0 Å². The van der Waals surface area contributed by atoms with Crippen molar-refractivity contribution in [2.24, 2.45) is 9.98 Å². The van der Waals surface area contributed by atoms with E-state index in [0.717, 1.165) is 16.5 Å². The molecule has 3 nitrogen and oxygen atoms in total. The summed E-state index contributed by atoms with van der Waals surface area (Å²) in [6.45, 7) is 6.86. The second-order valence-corrected chi connectivity index (χ2v) is 5.42. The fraction of sp³-hybridized carbons (Fsp3) is 0.375. The van der Waals surface area contributed by atoms with Crippen molar-refractivity contribution in [1.82, 2.24) is 5.32 Å². The largest absolute Gasteiger partial charge is 0.359 e. The van der Waals surface area contributed by atoms with Gasteiger partial charge < -0.3 is 5.32 Å². The zero-order valence-electron chi connectivity index (χ0n) is 12.4. The number of rotatable bonds is 4. The maximum Gasteiger partial charge on any atom is 0.157 e. The molecule has 0 saturated heterocycles. The maximum absolute atomic E-state index is 4.51. The molecule has 0 spiro atoms. The van der Waals surface area contributed by atoms with Gasteiger partial charge in [0.05, 0.1) is 6.54 Å². The van der Waals surface area contributed by atoms with Gasteiger partial charge in [-0.2, -0.15) is 0 Å². The Labute approximate surface area is 126 Å². The van der Waals surface area contributed by atoms with Gasteiger partial charge in [0, 0.05) is 24.2 Å². The molecule has 1 atom stereocenters. The molecular formula is C16H23N3S. The highest BCUT2D eigenvalue weighted by Gasteiger charge is 2.02. The molecule has 1 unspecified atom stereocenters. The summed E-state index contributed by atoms with van der Waals surface area (Å²) in [5, 5.41) is 4.34. The van der Waals surface area contributed by atoms with Crippen LogP contribution in [0.25, 0.3) is 0 Å². The Balaban J connectivity index is 2.43. The number of amidine groups is 1. The lowest BCUT2D eigenvalue weighted by Gasteiger charge is -2.11. The minimum absolute atomic E-state index is 0.290. The van der Waals surface area contributed by atoms with E-state index in [2.05, 4.69) is 34.4 Å². The Bertz CT molecular complexity index is 456. The van der Waals surface area contributed by atoms with Crippen LogP contribution in [-0.2, 0) is 0 Å². The van der Waals surface area contributed by atoms with Gasteiger partial charge in [0.15, 0.2) is 5.17 Å². The van der Waals surface area contributed by atoms with Gasteiger partial charge in [-0.1, -0.05) is 48.2 Å². The van der Waals surface area contributed by atoms with Gasteiger partial charge in [0.1, 0.15) is 0 Å².